The lowest BCUT2D eigenvalue weighted by molar-refractivity contribution is -0.115. The molecule has 2 aliphatic heterocycles. The lowest BCUT2D eigenvalue weighted by Gasteiger charge is -2.32. The van der Waals surface area contributed by atoms with Crippen molar-refractivity contribution < 1.29 is 9.59 Å². The molecule has 0 atom stereocenters. The van der Waals surface area contributed by atoms with Crippen LogP contribution in [-0.2, 0) is 11.2 Å². The number of urea groups is 1. The summed E-state index contributed by atoms with van der Waals surface area (Å²) in [6, 6.07) is 15.1. The second-order valence-corrected chi connectivity index (χ2v) is 5.46. The van der Waals surface area contributed by atoms with Gasteiger partial charge in [0.2, 0.25) is 5.91 Å². The fourth-order valence-electron chi connectivity index (χ4n) is 3.09. The number of amides is 3. The first-order valence-corrected chi connectivity index (χ1v) is 7.30. The van der Waals surface area contributed by atoms with Crippen LogP contribution in [0.5, 0.6) is 0 Å². The Bertz CT molecular complexity index is 772. The third-order valence-corrected chi connectivity index (χ3v) is 4.12. The molecule has 2 aliphatic rings. The third kappa shape index (κ3) is 1.94. The fraction of sp³-hybridized carbons (Fsp3) is 0.176. The minimum Gasteiger partial charge on any atom is -0.323 e. The first-order chi connectivity index (χ1) is 10.7. The molecular weight excluding hydrogens is 278 g/mol. The molecule has 0 aromatic heterocycles. The van der Waals surface area contributed by atoms with Gasteiger partial charge < -0.3 is 5.32 Å². The zero-order chi connectivity index (χ0) is 15.1. The highest BCUT2D eigenvalue weighted by molar-refractivity contribution is 6.14. The highest BCUT2D eigenvalue weighted by Gasteiger charge is 2.33. The van der Waals surface area contributed by atoms with E-state index in [-0.39, 0.29) is 18.5 Å². The minimum absolute atomic E-state index is 0.0501. The smallest absolute Gasteiger partial charge is 0.323 e. The van der Waals surface area contributed by atoms with Crippen molar-refractivity contribution in [1.29, 1.82) is 0 Å². The van der Waals surface area contributed by atoms with Gasteiger partial charge in [0.15, 0.2) is 0 Å². The fourth-order valence-corrected chi connectivity index (χ4v) is 3.09. The average Bonchev–Trinajstić information content (AvgIpc) is 2.97. The number of benzene rings is 2. The number of rotatable bonds is 0. The second-order valence-electron chi connectivity index (χ2n) is 5.46. The maximum atomic E-state index is 12.9. The first-order valence-electron chi connectivity index (χ1n) is 7.30. The number of carbonyl (C=O) groups is 2. The number of hydrogen-bond acceptors (Lipinski definition) is 2. The summed E-state index contributed by atoms with van der Waals surface area (Å²) >= 11 is 0. The molecule has 2 heterocycles. The van der Waals surface area contributed by atoms with E-state index in [4.69, 9.17) is 0 Å². The highest BCUT2D eigenvalue weighted by atomic mass is 16.2. The molecule has 0 radical (unpaired) electrons. The van der Waals surface area contributed by atoms with E-state index >= 15 is 0 Å². The molecule has 0 bridgehead atoms. The number of fused-ring (bicyclic) bond motifs is 2. The molecule has 0 fully saturated rings. The van der Waals surface area contributed by atoms with E-state index < -0.39 is 0 Å². The molecule has 0 unspecified atom stereocenters. The Kier molecular flexibility index (Phi) is 2.85. The Balaban J connectivity index is 1.71. The lowest BCUT2D eigenvalue weighted by Crippen LogP contribution is -2.48. The molecule has 5 heteroatoms. The van der Waals surface area contributed by atoms with Crippen molar-refractivity contribution in [3.63, 3.8) is 0 Å². The number of anilines is 3. The van der Waals surface area contributed by atoms with Crippen LogP contribution in [-0.4, -0.2) is 25.0 Å². The van der Waals surface area contributed by atoms with E-state index in [1.54, 1.807) is 9.80 Å². The number of para-hydroxylation sites is 3. The van der Waals surface area contributed by atoms with Crippen LogP contribution in [0.3, 0.4) is 0 Å². The van der Waals surface area contributed by atoms with Gasteiger partial charge in [-0.05, 0) is 30.2 Å². The van der Waals surface area contributed by atoms with Gasteiger partial charge in [0.25, 0.3) is 0 Å². The molecule has 0 saturated carbocycles. The Morgan fingerprint density at radius 2 is 1.68 bits per heavy atom. The van der Waals surface area contributed by atoms with Crippen molar-refractivity contribution in [2.75, 3.05) is 28.2 Å². The molecule has 110 valence electrons. The van der Waals surface area contributed by atoms with Gasteiger partial charge in [-0.25, -0.2) is 4.79 Å². The first kappa shape index (κ1) is 12.9. The summed E-state index contributed by atoms with van der Waals surface area (Å²) in [5.74, 6) is -0.167. The van der Waals surface area contributed by atoms with Gasteiger partial charge in [-0.15, -0.1) is 0 Å². The van der Waals surface area contributed by atoms with Crippen molar-refractivity contribution in [2.45, 2.75) is 6.42 Å². The topological polar surface area (TPSA) is 52.7 Å². The standard InChI is InChI=1S/C17H15N3O2/c21-16-11-20(15-8-4-2-6-13(15)18-16)17(22)19-10-9-12-5-1-3-7-14(12)19/h1-8H,9-11H2,(H,18,21). The highest BCUT2D eigenvalue weighted by Crippen LogP contribution is 2.33. The molecule has 4 rings (SSSR count). The van der Waals surface area contributed by atoms with Crippen molar-refractivity contribution in [2.24, 2.45) is 0 Å². The molecule has 22 heavy (non-hydrogen) atoms. The number of carbonyl (C=O) groups excluding carboxylic acids is 2. The van der Waals surface area contributed by atoms with Crippen molar-refractivity contribution in [3.8, 4) is 0 Å². The number of nitrogens with one attached hydrogen (secondary N) is 1. The minimum atomic E-state index is -0.167. The van der Waals surface area contributed by atoms with Crippen molar-refractivity contribution >= 4 is 29.0 Å². The summed E-state index contributed by atoms with van der Waals surface area (Å²) < 4.78 is 0. The zero-order valence-electron chi connectivity index (χ0n) is 12.0. The van der Waals surface area contributed by atoms with Gasteiger partial charge >= 0.3 is 6.03 Å². The summed E-state index contributed by atoms with van der Waals surface area (Å²) in [6.07, 6.45) is 0.851. The van der Waals surface area contributed by atoms with Gasteiger partial charge in [-0.2, -0.15) is 0 Å². The number of hydrogen-bond donors (Lipinski definition) is 1. The predicted molar refractivity (Wildman–Crippen MR) is 85.3 cm³/mol. The van der Waals surface area contributed by atoms with Gasteiger partial charge in [-0.3, -0.25) is 14.6 Å². The van der Waals surface area contributed by atoms with E-state index in [0.29, 0.717) is 12.2 Å². The van der Waals surface area contributed by atoms with E-state index in [1.165, 1.54) is 5.56 Å². The molecule has 1 N–H and O–H groups in total. The quantitative estimate of drug-likeness (QED) is 0.812. The second kappa shape index (κ2) is 4.87. The zero-order valence-corrected chi connectivity index (χ0v) is 12.0. The maximum Gasteiger partial charge on any atom is 0.329 e. The number of nitrogens with zero attached hydrogens (tertiary/aromatic N) is 2. The Labute approximate surface area is 128 Å². The monoisotopic (exact) mass is 293 g/mol. The lowest BCUT2D eigenvalue weighted by atomic mass is 10.2. The molecule has 0 saturated heterocycles. The molecule has 0 spiro atoms. The van der Waals surface area contributed by atoms with Crippen LogP contribution < -0.4 is 15.1 Å². The van der Waals surface area contributed by atoms with Crippen LogP contribution in [0, 0.1) is 0 Å². The Morgan fingerprint density at radius 3 is 2.55 bits per heavy atom. The van der Waals surface area contributed by atoms with Gasteiger partial charge in [0.1, 0.15) is 6.54 Å². The summed E-state index contributed by atoms with van der Waals surface area (Å²) in [5, 5.41) is 2.80. The molecule has 3 amide bonds. The van der Waals surface area contributed by atoms with Gasteiger partial charge in [-0.1, -0.05) is 30.3 Å². The average molecular weight is 293 g/mol. The predicted octanol–water partition coefficient (Wildman–Crippen LogP) is 2.63. The summed E-state index contributed by atoms with van der Waals surface area (Å²) in [4.78, 5) is 28.1. The SMILES string of the molecule is O=C1CN(C(=O)N2CCc3ccccc32)c2ccccc2N1. The molecule has 2 aromatic carbocycles. The van der Waals surface area contributed by atoms with E-state index in [1.807, 2.05) is 48.5 Å². The maximum absolute atomic E-state index is 12.9. The molecular formula is C17H15N3O2. The van der Waals surface area contributed by atoms with Crippen LogP contribution in [0.15, 0.2) is 48.5 Å². The Hall–Kier alpha value is -2.82. The van der Waals surface area contributed by atoms with Gasteiger partial charge in [0.05, 0.1) is 11.4 Å². The van der Waals surface area contributed by atoms with Crippen LogP contribution >= 0.6 is 0 Å². The largest absolute Gasteiger partial charge is 0.329 e. The van der Waals surface area contributed by atoms with E-state index in [0.717, 1.165) is 17.8 Å². The summed E-state index contributed by atoms with van der Waals surface area (Å²) in [5.41, 5.74) is 3.54. The van der Waals surface area contributed by atoms with Crippen LogP contribution in [0.25, 0.3) is 0 Å². The van der Waals surface area contributed by atoms with Crippen molar-refractivity contribution in [1.82, 2.24) is 0 Å². The van der Waals surface area contributed by atoms with E-state index in [9.17, 15) is 9.59 Å². The Morgan fingerprint density at radius 1 is 0.955 bits per heavy atom. The molecule has 0 aliphatic carbocycles. The van der Waals surface area contributed by atoms with Crippen LogP contribution in [0.1, 0.15) is 5.56 Å². The van der Waals surface area contributed by atoms with Gasteiger partial charge in [0, 0.05) is 12.2 Å². The third-order valence-electron chi connectivity index (χ3n) is 4.12. The molecule has 5 nitrogen and oxygen atoms in total. The van der Waals surface area contributed by atoms with Crippen LogP contribution in [0.2, 0.25) is 0 Å². The summed E-state index contributed by atoms with van der Waals surface area (Å²) in [7, 11) is 0. The van der Waals surface area contributed by atoms with Crippen molar-refractivity contribution in [3.05, 3.63) is 54.1 Å². The van der Waals surface area contributed by atoms with Crippen LogP contribution in [0.4, 0.5) is 21.9 Å². The van der Waals surface area contributed by atoms with E-state index in [2.05, 4.69) is 5.32 Å². The summed E-state index contributed by atoms with van der Waals surface area (Å²) in [6.45, 7) is 0.701. The molecule has 2 aromatic rings. The normalized spacial score (nSPS) is 16.1.